The van der Waals surface area contributed by atoms with Gasteiger partial charge in [0.25, 0.3) is 0 Å². The van der Waals surface area contributed by atoms with E-state index < -0.39 is 16.1 Å². The monoisotopic (exact) mass is 387 g/mol. The van der Waals surface area contributed by atoms with Gasteiger partial charge in [0, 0.05) is 25.0 Å². The maximum Gasteiger partial charge on any atom is 0.241 e. The van der Waals surface area contributed by atoms with Crippen molar-refractivity contribution in [3.63, 3.8) is 0 Å². The van der Waals surface area contributed by atoms with E-state index in [1.54, 1.807) is 24.0 Å². The Hall–Kier alpha value is -2.22. The molecule has 2 aromatic rings. The Balaban J connectivity index is 1.68. The lowest BCUT2D eigenvalue weighted by atomic mass is 9.95. The van der Waals surface area contributed by atoms with Crippen molar-refractivity contribution in [1.82, 2.24) is 9.62 Å². The molecule has 3 atom stereocenters. The van der Waals surface area contributed by atoms with E-state index in [4.69, 9.17) is 5.73 Å². The number of amides is 1. The van der Waals surface area contributed by atoms with Crippen molar-refractivity contribution in [2.45, 2.75) is 36.7 Å². The fraction of sp³-hybridized carbons (Fsp3) is 0.350. The number of carbonyl (C=O) groups is 1. The van der Waals surface area contributed by atoms with Crippen molar-refractivity contribution in [3.05, 3.63) is 65.7 Å². The Morgan fingerprint density at radius 2 is 1.74 bits per heavy atom. The summed E-state index contributed by atoms with van der Waals surface area (Å²) >= 11 is 0. The fourth-order valence-corrected chi connectivity index (χ4v) is 4.60. The van der Waals surface area contributed by atoms with Gasteiger partial charge in [0.1, 0.15) is 0 Å². The summed E-state index contributed by atoms with van der Waals surface area (Å²) in [5, 5.41) is 0. The Bertz CT molecular complexity index is 898. The first kappa shape index (κ1) is 19.5. The van der Waals surface area contributed by atoms with Crippen LogP contribution in [0, 0.1) is 6.92 Å². The summed E-state index contributed by atoms with van der Waals surface area (Å²) < 4.78 is 27.5. The molecule has 0 saturated carbocycles. The highest BCUT2D eigenvalue weighted by atomic mass is 32.2. The van der Waals surface area contributed by atoms with Gasteiger partial charge in [-0.15, -0.1) is 0 Å². The molecule has 1 aliphatic rings. The van der Waals surface area contributed by atoms with Gasteiger partial charge in [0.15, 0.2) is 0 Å². The second kappa shape index (κ2) is 7.80. The third-order valence-corrected chi connectivity index (χ3v) is 6.49. The van der Waals surface area contributed by atoms with Crippen molar-refractivity contribution >= 4 is 15.9 Å². The van der Waals surface area contributed by atoms with Crippen molar-refractivity contribution in [3.8, 4) is 0 Å². The van der Waals surface area contributed by atoms with Crippen LogP contribution in [-0.4, -0.2) is 44.4 Å². The minimum atomic E-state index is -3.76. The summed E-state index contributed by atoms with van der Waals surface area (Å²) in [6, 6.07) is 15.3. The Kier molecular flexibility index (Phi) is 5.64. The molecule has 1 heterocycles. The van der Waals surface area contributed by atoms with Crippen molar-refractivity contribution in [2.75, 3.05) is 13.1 Å². The Morgan fingerprint density at radius 3 is 2.37 bits per heavy atom. The molecule has 3 N–H and O–H groups in total. The van der Waals surface area contributed by atoms with E-state index in [-0.39, 0.29) is 22.8 Å². The molecule has 1 saturated heterocycles. The van der Waals surface area contributed by atoms with Crippen LogP contribution in [-0.2, 0) is 14.8 Å². The number of sulfonamides is 1. The highest BCUT2D eigenvalue weighted by Crippen LogP contribution is 2.26. The molecular formula is C20H25N3O3S. The van der Waals surface area contributed by atoms with E-state index in [2.05, 4.69) is 4.72 Å². The van der Waals surface area contributed by atoms with Crippen LogP contribution >= 0.6 is 0 Å². The molecule has 0 spiro atoms. The molecule has 1 aliphatic heterocycles. The first-order chi connectivity index (χ1) is 12.8. The molecule has 27 heavy (non-hydrogen) atoms. The van der Waals surface area contributed by atoms with Gasteiger partial charge in [0.05, 0.1) is 10.9 Å². The number of aryl methyl sites for hydroxylation is 1. The van der Waals surface area contributed by atoms with Gasteiger partial charge in [-0.25, -0.2) is 8.42 Å². The van der Waals surface area contributed by atoms with Gasteiger partial charge >= 0.3 is 0 Å². The zero-order valence-electron chi connectivity index (χ0n) is 15.5. The molecule has 144 valence electrons. The van der Waals surface area contributed by atoms with E-state index in [0.29, 0.717) is 13.1 Å². The summed E-state index contributed by atoms with van der Waals surface area (Å²) in [4.78, 5) is 14.6. The van der Waals surface area contributed by atoms with Crippen LogP contribution in [0.25, 0.3) is 0 Å². The van der Waals surface area contributed by atoms with Gasteiger partial charge in [-0.2, -0.15) is 4.72 Å². The van der Waals surface area contributed by atoms with Crippen LogP contribution in [0.4, 0.5) is 0 Å². The molecule has 6 nitrogen and oxygen atoms in total. The lowest BCUT2D eigenvalue weighted by Gasteiger charge is -2.21. The van der Waals surface area contributed by atoms with Gasteiger partial charge in [-0.05, 0) is 31.5 Å². The van der Waals surface area contributed by atoms with Gasteiger partial charge in [-0.1, -0.05) is 48.0 Å². The van der Waals surface area contributed by atoms with Crippen LogP contribution < -0.4 is 10.5 Å². The number of nitrogens with one attached hydrogen (secondary N) is 1. The van der Waals surface area contributed by atoms with Gasteiger partial charge < -0.3 is 10.6 Å². The summed E-state index contributed by atoms with van der Waals surface area (Å²) in [5.74, 6) is -0.212. The van der Waals surface area contributed by atoms with Crippen molar-refractivity contribution in [1.29, 1.82) is 0 Å². The second-order valence-electron chi connectivity index (χ2n) is 7.08. The quantitative estimate of drug-likeness (QED) is 0.815. The molecule has 1 unspecified atom stereocenters. The number of nitrogens with two attached hydrogens (primary N) is 1. The number of likely N-dealkylation sites (tertiary alicyclic amines) is 1. The molecule has 2 aromatic carbocycles. The minimum Gasteiger partial charge on any atom is -0.339 e. The van der Waals surface area contributed by atoms with Gasteiger partial charge in [-0.3, -0.25) is 4.79 Å². The summed E-state index contributed by atoms with van der Waals surface area (Å²) in [5.41, 5.74) is 8.30. The Morgan fingerprint density at radius 1 is 1.11 bits per heavy atom. The van der Waals surface area contributed by atoms with Crippen LogP contribution in [0.2, 0.25) is 0 Å². The zero-order chi connectivity index (χ0) is 19.6. The predicted octanol–water partition coefficient (Wildman–Crippen LogP) is 1.62. The minimum absolute atomic E-state index is 0.0519. The SMILES string of the molecule is Cc1ccc(S(=O)(=O)NC(C)C(=O)N2C[C@@H](N)[C@H](c3ccccc3)C2)cc1. The molecule has 0 radical (unpaired) electrons. The van der Waals surface area contributed by atoms with E-state index in [0.717, 1.165) is 11.1 Å². The third-order valence-electron chi connectivity index (χ3n) is 4.94. The largest absolute Gasteiger partial charge is 0.339 e. The average molecular weight is 388 g/mol. The number of carbonyl (C=O) groups excluding carboxylic acids is 1. The Labute approximate surface area is 160 Å². The number of benzene rings is 2. The highest BCUT2D eigenvalue weighted by molar-refractivity contribution is 7.89. The van der Waals surface area contributed by atoms with E-state index >= 15 is 0 Å². The zero-order valence-corrected chi connectivity index (χ0v) is 16.3. The molecule has 1 fully saturated rings. The normalized spacial score (nSPS) is 21.2. The smallest absolute Gasteiger partial charge is 0.241 e. The maximum atomic E-state index is 12.8. The molecule has 0 bridgehead atoms. The van der Waals surface area contributed by atoms with Gasteiger partial charge in [0.2, 0.25) is 15.9 Å². The summed E-state index contributed by atoms with van der Waals surface area (Å²) in [7, 11) is -3.76. The maximum absolute atomic E-state index is 12.8. The summed E-state index contributed by atoms with van der Waals surface area (Å²) in [6.45, 7) is 4.35. The lowest BCUT2D eigenvalue weighted by Crippen LogP contribution is -2.46. The number of hydrogen-bond acceptors (Lipinski definition) is 4. The lowest BCUT2D eigenvalue weighted by molar-refractivity contribution is -0.131. The summed E-state index contributed by atoms with van der Waals surface area (Å²) in [6.07, 6.45) is 0. The molecule has 3 rings (SSSR count). The second-order valence-corrected chi connectivity index (χ2v) is 8.79. The number of nitrogens with zero attached hydrogens (tertiary/aromatic N) is 1. The van der Waals surface area contributed by atoms with E-state index in [1.165, 1.54) is 12.1 Å². The standard InChI is InChI=1S/C20H25N3O3S/c1-14-8-10-17(11-9-14)27(25,26)22-15(2)20(24)23-12-18(19(21)13-23)16-6-4-3-5-7-16/h3-11,15,18-19,22H,12-13,21H2,1-2H3/t15?,18-,19+/m0/s1. The molecule has 7 heteroatoms. The van der Waals surface area contributed by atoms with E-state index in [1.807, 2.05) is 37.3 Å². The van der Waals surface area contributed by atoms with Crippen LogP contribution in [0.15, 0.2) is 59.5 Å². The van der Waals surface area contributed by atoms with Crippen LogP contribution in [0.1, 0.15) is 24.0 Å². The van der Waals surface area contributed by atoms with E-state index in [9.17, 15) is 13.2 Å². The van der Waals surface area contributed by atoms with Crippen LogP contribution in [0.5, 0.6) is 0 Å². The highest BCUT2D eigenvalue weighted by Gasteiger charge is 2.36. The number of hydrogen-bond donors (Lipinski definition) is 2. The van der Waals surface area contributed by atoms with Crippen LogP contribution in [0.3, 0.4) is 0 Å². The third kappa shape index (κ3) is 4.37. The average Bonchev–Trinajstić information content (AvgIpc) is 3.03. The molecule has 1 amide bonds. The first-order valence-corrected chi connectivity index (χ1v) is 10.4. The molecular weight excluding hydrogens is 362 g/mol. The van der Waals surface area contributed by atoms with Crippen molar-refractivity contribution < 1.29 is 13.2 Å². The molecule has 0 aromatic heterocycles. The van der Waals surface area contributed by atoms with Crippen molar-refractivity contribution in [2.24, 2.45) is 5.73 Å². The fourth-order valence-electron chi connectivity index (χ4n) is 3.40. The molecule has 0 aliphatic carbocycles. The topological polar surface area (TPSA) is 92.5 Å². The number of rotatable bonds is 5. The first-order valence-electron chi connectivity index (χ1n) is 8.96. The predicted molar refractivity (Wildman–Crippen MR) is 105 cm³/mol.